The zero-order chi connectivity index (χ0) is 14.5. The molecule has 0 saturated heterocycles. The molecule has 0 radical (unpaired) electrons. The lowest BCUT2D eigenvalue weighted by Gasteiger charge is -2.19. The van der Waals surface area contributed by atoms with Crippen molar-refractivity contribution in [3.05, 3.63) is 83.2 Å². The molecular formula is C17H15FO2. The summed E-state index contributed by atoms with van der Waals surface area (Å²) < 4.78 is 13.8. The summed E-state index contributed by atoms with van der Waals surface area (Å²) in [5, 5.41) is 8.86. The average Bonchev–Trinajstić information content (AvgIpc) is 2.48. The van der Waals surface area contributed by atoms with Crippen molar-refractivity contribution in [1.82, 2.24) is 0 Å². The van der Waals surface area contributed by atoms with Gasteiger partial charge in [0.05, 0.1) is 0 Å². The zero-order valence-electron chi connectivity index (χ0n) is 11.1. The molecule has 0 saturated carbocycles. The van der Waals surface area contributed by atoms with E-state index in [1.54, 1.807) is 0 Å². The Morgan fingerprint density at radius 1 is 0.950 bits per heavy atom. The van der Waals surface area contributed by atoms with Crippen LogP contribution in [0, 0.1) is 0 Å². The Morgan fingerprint density at radius 3 is 1.70 bits per heavy atom. The average molecular weight is 270 g/mol. The summed E-state index contributed by atoms with van der Waals surface area (Å²) in [5.41, 5.74) is 1.94. The molecule has 1 N–H and O–H groups in total. The molecule has 0 bridgehead atoms. The smallest absolute Gasteiger partial charge is 0.364 e. The molecular weight excluding hydrogens is 255 g/mol. The highest BCUT2D eigenvalue weighted by molar-refractivity contribution is 5.85. The van der Waals surface area contributed by atoms with E-state index in [4.69, 9.17) is 5.11 Å². The Hall–Kier alpha value is -2.42. The number of hydrogen-bond acceptors (Lipinski definition) is 1. The van der Waals surface area contributed by atoms with Crippen LogP contribution >= 0.6 is 0 Å². The van der Waals surface area contributed by atoms with Gasteiger partial charge in [-0.3, -0.25) is 0 Å². The first kappa shape index (κ1) is 14.0. The van der Waals surface area contributed by atoms with Crippen molar-refractivity contribution >= 4 is 5.97 Å². The summed E-state index contributed by atoms with van der Waals surface area (Å²) in [6.07, 6.45) is 0. The molecule has 0 aliphatic heterocycles. The molecule has 102 valence electrons. The summed E-state index contributed by atoms with van der Waals surface area (Å²) in [4.78, 5) is 10.9. The number of benzene rings is 2. The van der Waals surface area contributed by atoms with Crippen LogP contribution in [-0.2, 0) is 4.79 Å². The number of halogens is 1. The fraction of sp³-hybridized carbons (Fsp3) is 0.118. The molecule has 0 unspecified atom stereocenters. The van der Waals surface area contributed by atoms with Crippen molar-refractivity contribution in [2.75, 3.05) is 0 Å². The minimum atomic E-state index is -1.53. The third kappa shape index (κ3) is 2.94. The minimum absolute atomic E-state index is 0.204. The third-order valence-electron chi connectivity index (χ3n) is 3.23. The first-order valence-electron chi connectivity index (χ1n) is 6.30. The summed E-state index contributed by atoms with van der Waals surface area (Å²) in [6, 6.07) is 18.7. The van der Waals surface area contributed by atoms with Gasteiger partial charge in [0.2, 0.25) is 5.83 Å². The van der Waals surface area contributed by atoms with E-state index in [1.165, 1.54) is 6.92 Å². The third-order valence-corrected chi connectivity index (χ3v) is 3.23. The molecule has 2 rings (SSSR count). The largest absolute Gasteiger partial charge is 0.476 e. The summed E-state index contributed by atoms with van der Waals surface area (Å²) >= 11 is 0. The Labute approximate surface area is 117 Å². The van der Waals surface area contributed by atoms with E-state index in [9.17, 15) is 9.18 Å². The first-order chi connectivity index (χ1) is 9.61. The van der Waals surface area contributed by atoms with Crippen LogP contribution in [0.25, 0.3) is 0 Å². The molecule has 3 heteroatoms. The monoisotopic (exact) mass is 270 g/mol. The molecule has 0 aliphatic carbocycles. The van der Waals surface area contributed by atoms with E-state index in [2.05, 4.69) is 0 Å². The van der Waals surface area contributed by atoms with Gasteiger partial charge in [-0.1, -0.05) is 60.7 Å². The van der Waals surface area contributed by atoms with Crippen LogP contribution in [0.4, 0.5) is 4.39 Å². The van der Waals surface area contributed by atoms with Crippen molar-refractivity contribution in [1.29, 1.82) is 0 Å². The highest BCUT2D eigenvalue weighted by Gasteiger charge is 2.22. The van der Waals surface area contributed by atoms with Gasteiger partial charge in [-0.25, -0.2) is 4.79 Å². The lowest BCUT2D eigenvalue weighted by Crippen LogP contribution is -2.08. The standard InChI is InChI=1S/C17H15FO2/c1-12(16(18)17(19)20)15(13-8-4-2-5-9-13)14-10-6-3-7-11-14/h2-11,15H,1H3,(H,19,20). The lowest BCUT2D eigenvalue weighted by molar-refractivity contribution is -0.134. The van der Waals surface area contributed by atoms with E-state index in [-0.39, 0.29) is 5.57 Å². The molecule has 2 aromatic rings. The molecule has 0 spiro atoms. The van der Waals surface area contributed by atoms with Crippen LogP contribution in [0.2, 0.25) is 0 Å². The van der Waals surface area contributed by atoms with Crippen molar-refractivity contribution < 1.29 is 14.3 Å². The van der Waals surface area contributed by atoms with Crippen LogP contribution in [0.1, 0.15) is 24.0 Å². The Kier molecular flexibility index (Phi) is 4.31. The zero-order valence-corrected chi connectivity index (χ0v) is 11.1. The molecule has 2 nitrogen and oxygen atoms in total. The van der Waals surface area contributed by atoms with Gasteiger partial charge in [-0.05, 0) is 23.6 Å². The number of hydrogen-bond donors (Lipinski definition) is 1. The fourth-order valence-electron chi connectivity index (χ4n) is 2.28. The molecule has 0 atom stereocenters. The number of allylic oxidation sites excluding steroid dienone is 1. The quantitative estimate of drug-likeness (QED) is 0.847. The van der Waals surface area contributed by atoms with Crippen molar-refractivity contribution in [3.8, 4) is 0 Å². The van der Waals surface area contributed by atoms with E-state index in [0.717, 1.165) is 11.1 Å². The maximum atomic E-state index is 13.8. The van der Waals surface area contributed by atoms with Crippen molar-refractivity contribution in [2.45, 2.75) is 12.8 Å². The van der Waals surface area contributed by atoms with E-state index in [1.807, 2.05) is 60.7 Å². The van der Waals surface area contributed by atoms with Gasteiger partial charge in [0, 0.05) is 5.92 Å². The number of carboxylic acid groups (broad SMARTS) is 1. The molecule has 20 heavy (non-hydrogen) atoms. The topological polar surface area (TPSA) is 37.3 Å². The van der Waals surface area contributed by atoms with Crippen LogP contribution in [-0.4, -0.2) is 11.1 Å². The van der Waals surface area contributed by atoms with Gasteiger partial charge in [-0.15, -0.1) is 0 Å². The summed E-state index contributed by atoms with van der Waals surface area (Å²) in [6.45, 7) is 1.52. The fourth-order valence-corrected chi connectivity index (χ4v) is 2.28. The number of carboxylic acids is 1. The van der Waals surface area contributed by atoms with E-state index >= 15 is 0 Å². The minimum Gasteiger partial charge on any atom is -0.476 e. The van der Waals surface area contributed by atoms with Crippen molar-refractivity contribution in [3.63, 3.8) is 0 Å². The second kappa shape index (κ2) is 6.15. The molecule has 0 heterocycles. The van der Waals surface area contributed by atoms with Gasteiger partial charge in [-0.2, -0.15) is 4.39 Å². The molecule has 0 fully saturated rings. The Morgan fingerprint density at radius 2 is 1.35 bits per heavy atom. The predicted octanol–water partition coefficient (Wildman–Crippen LogP) is 4.15. The van der Waals surface area contributed by atoms with Crippen LogP contribution in [0.3, 0.4) is 0 Å². The first-order valence-corrected chi connectivity index (χ1v) is 6.30. The highest BCUT2D eigenvalue weighted by atomic mass is 19.1. The number of carbonyl (C=O) groups is 1. The van der Waals surface area contributed by atoms with Crippen molar-refractivity contribution in [2.24, 2.45) is 0 Å². The maximum absolute atomic E-state index is 13.8. The van der Waals surface area contributed by atoms with Gasteiger partial charge in [0.25, 0.3) is 0 Å². The molecule has 2 aromatic carbocycles. The molecule has 0 amide bonds. The van der Waals surface area contributed by atoms with Gasteiger partial charge in [0.1, 0.15) is 0 Å². The van der Waals surface area contributed by atoms with Gasteiger partial charge < -0.3 is 5.11 Å². The van der Waals surface area contributed by atoms with E-state index < -0.39 is 17.7 Å². The van der Waals surface area contributed by atoms with Gasteiger partial charge in [0.15, 0.2) is 0 Å². The maximum Gasteiger partial charge on any atom is 0.364 e. The molecule has 0 aromatic heterocycles. The van der Waals surface area contributed by atoms with Crippen LogP contribution in [0.15, 0.2) is 72.1 Å². The lowest BCUT2D eigenvalue weighted by atomic mass is 9.85. The molecule has 0 aliphatic rings. The Bertz CT molecular complexity index is 578. The normalized spacial score (nSPS) is 12.2. The Balaban J connectivity index is 2.57. The SMILES string of the molecule is CC(=C(F)C(=O)O)C(c1ccccc1)c1ccccc1. The summed E-state index contributed by atoms with van der Waals surface area (Å²) in [7, 11) is 0. The van der Waals surface area contributed by atoms with Crippen LogP contribution in [0.5, 0.6) is 0 Å². The van der Waals surface area contributed by atoms with Crippen LogP contribution < -0.4 is 0 Å². The van der Waals surface area contributed by atoms with E-state index in [0.29, 0.717) is 0 Å². The summed E-state index contributed by atoms with van der Waals surface area (Å²) in [5.74, 6) is -3.02. The second-order valence-electron chi connectivity index (χ2n) is 4.56. The van der Waals surface area contributed by atoms with Gasteiger partial charge >= 0.3 is 5.97 Å². The number of aliphatic carboxylic acids is 1. The second-order valence-corrected chi connectivity index (χ2v) is 4.56. The number of rotatable bonds is 4. The predicted molar refractivity (Wildman–Crippen MR) is 76.2 cm³/mol. The highest BCUT2D eigenvalue weighted by Crippen LogP contribution is 2.33.